The maximum absolute atomic E-state index is 12.9. The van der Waals surface area contributed by atoms with Gasteiger partial charge >= 0.3 is 0 Å². The van der Waals surface area contributed by atoms with Crippen LogP contribution in [0.4, 0.5) is 4.39 Å². The molecule has 1 amide bonds. The molecule has 0 unspecified atom stereocenters. The van der Waals surface area contributed by atoms with Crippen LogP contribution >= 0.6 is 0 Å². The molecule has 0 radical (unpaired) electrons. The Balaban J connectivity index is 1.60. The predicted octanol–water partition coefficient (Wildman–Crippen LogP) is 2.16. The number of guanidine groups is 1. The topological polar surface area (TPSA) is 68.8 Å². The van der Waals surface area contributed by atoms with E-state index in [1.54, 1.807) is 12.1 Å². The van der Waals surface area contributed by atoms with Gasteiger partial charge in [-0.05, 0) is 69.4 Å². The Labute approximate surface area is 174 Å². The van der Waals surface area contributed by atoms with Gasteiger partial charge in [0.2, 0.25) is 5.91 Å². The van der Waals surface area contributed by atoms with E-state index in [9.17, 15) is 9.18 Å². The molecule has 0 saturated carbocycles. The van der Waals surface area contributed by atoms with E-state index in [4.69, 9.17) is 0 Å². The van der Waals surface area contributed by atoms with Gasteiger partial charge in [0.25, 0.3) is 0 Å². The average molecular weight is 406 g/mol. The Morgan fingerprint density at radius 2 is 1.83 bits per heavy atom. The van der Waals surface area contributed by atoms with Crippen molar-refractivity contribution in [3.05, 3.63) is 35.6 Å². The largest absolute Gasteiger partial charge is 0.357 e. The second-order valence-corrected chi connectivity index (χ2v) is 7.72. The molecule has 0 atom stereocenters. The van der Waals surface area contributed by atoms with Crippen LogP contribution in [0, 0.1) is 11.7 Å². The number of piperidine rings is 1. The number of aliphatic imine (C=N–C) groups is 1. The maximum atomic E-state index is 12.9. The molecular weight excluding hydrogens is 369 g/mol. The molecule has 1 fully saturated rings. The normalized spacial score (nSPS) is 15.9. The Morgan fingerprint density at radius 3 is 2.52 bits per heavy atom. The number of carbonyl (C=O) groups is 1. The number of carbonyl (C=O) groups excluding carboxylic acids is 1. The van der Waals surface area contributed by atoms with Crippen molar-refractivity contribution in [2.24, 2.45) is 10.9 Å². The Hall–Kier alpha value is -2.15. The Bertz CT molecular complexity index is 627. The van der Waals surface area contributed by atoms with E-state index in [0.717, 1.165) is 43.5 Å². The molecule has 162 valence electrons. The van der Waals surface area contributed by atoms with Gasteiger partial charge in [0.1, 0.15) is 5.82 Å². The highest BCUT2D eigenvalue weighted by atomic mass is 19.1. The molecule has 6 nitrogen and oxygen atoms in total. The third-order valence-electron chi connectivity index (χ3n) is 5.14. The van der Waals surface area contributed by atoms with Crippen LogP contribution in [-0.4, -0.2) is 62.6 Å². The van der Waals surface area contributed by atoms with Gasteiger partial charge in [0.05, 0.1) is 6.42 Å². The zero-order valence-electron chi connectivity index (χ0n) is 17.8. The number of halogens is 1. The van der Waals surface area contributed by atoms with E-state index in [-0.39, 0.29) is 18.1 Å². The van der Waals surface area contributed by atoms with E-state index in [1.807, 2.05) is 6.92 Å². The van der Waals surface area contributed by atoms with Gasteiger partial charge in [-0.15, -0.1) is 0 Å². The first-order valence-corrected chi connectivity index (χ1v) is 10.8. The van der Waals surface area contributed by atoms with Gasteiger partial charge in [-0.3, -0.25) is 9.79 Å². The summed E-state index contributed by atoms with van der Waals surface area (Å²) in [5, 5.41) is 9.36. The van der Waals surface area contributed by atoms with Crippen molar-refractivity contribution in [3.8, 4) is 0 Å². The molecule has 0 bridgehead atoms. The summed E-state index contributed by atoms with van der Waals surface area (Å²) in [5.41, 5.74) is 0.801. The van der Waals surface area contributed by atoms with Crippen LogP contribution in [0.1, 0.15) is 38.7 Å². The summed E-state index contributed by atoms with van der Waals surface area (Å²) in [7, 11) is 0. The van der Waals surface area contributed by atoms with Crippen molar-refractivity contribution >= 4 is 11.9 Å². The molecule has 3 N–H and O–H groups in total. The second kappa shape index (κ2) is 13.1. The summed E-state index contributed by atoms with van der Waals surface area (Å²) in [5.74, 6) is 1.29. The summed E-state index contributed by atoms with van der Waals surface area (Å²) in [6.45, 7) is 10.6. The minimum atomic E-state index is -0.292. The van der Waals surface area contributed by atoms with Gasteiger partial charge in [-0.2, -0.15) is 0 Å². The smallest absolute Gasteiger partial charge is 0.224 e. The first kappa shape index (κ1) is 23.1. The molecule has 2 rings (SSSR count). The summed E-state index contributed by atoms with van der Waals surface area (Å²) >= 11 is 0. The molecule has 1 saturated heterocycles. The summed E-state index contributed by atoms with van der Waals surface area (Å²) in [6.07, 6.45) is 3.92. The lowest BCUT2D eigenvalue weighted by Crippen LogP contribution is -2.42. The molecular formula is C22H36FN5O. The van der Waals surface area contributed by atoms with Crippen LogP contribution in [-0.2, 0) is 11.2 Å². The Morgan fingerprint density at radius 1 is 1.14 bits per heavy atom. The monoisotopic (exact) mass is 405 g/mol. The lowest BCUT2D eigenvalue weighted by molar-refractivity contribution is -0.120. The van der Waals surface area contributed by atoms with Gasteiger partial charge in [0, 0.05) is 26.2 Å². The van der Waals surface area contributed by atoms with Crippen molar-refractivity contribution in [2.75, 3.05) is 45.8 Å². The van der Waals surface area contributed by atoms with Crippen LogP contribution < -0.4 is 16.0 Å². The number of amides is 1. The fourth-order valence-electron chi connectivity index (χ4n) is 3.35. The van der Waals surface area contributed by atoms with Crippen molar-refractivity contribution in [1.29, 1.82) is 0 Å². The quantitative estimate of drug-likeness (QED) is 0.317. The molecule has 29 heavy (non-hydrogen) atoms. The number of benzene rings is 1. The molecule has 0 aromatic heterocycles. The lowest BCUT2D eigenvalue weighted by atomic mass is 9.99. The van der Waals surface area contributed by atoms with Crippen LogP contribution in [0.2, 0.25) is 0 Å². The molecule has 1 aromatic rings. The van der Waals surface area contributed by atoms with Gasteiger partial charge in [-0.25, -0.2) is 4.39 Å². The Kier molecular flexibility index (Phi) is 10.5. The van der Waals surface area contributed by atoms with E-state index in [1.165, 1.54) is 38.1 Å². The number of rotatable bonds is 10. The highest BCUT2D eigenvalue weighted by molar-refractivity contribution is 5.80. The molecule has 1 aromatic carbocycles. The molecule has 1 heterocycles. The number of nitrogens with one attached hydrogen (secondary N) is 3. The van der Waals surface area contributed by atoms with Crippen molar-refractivity contribution in [3.63, 3.8) is 0 Å². The number of likely N-dealkylation sites (tertiary alicyclic amines) is 1. The summed E-state index contributed by atoms with van der Waals surface area (Å²) < 4.78 is 12.9. The fourth-order valence-corrected chi connectivity index (χ4v) is 3.35. The standard InChI is InChI=1S/C22H36FN5O/c1-3-24-22(26-11-4-14-28-15-9-18(2)10-16-28)27-13-12-25-21(29)17-19-5-7-20(23)8-6-19/h5-8,18H,3-4,9-17H2,1-2H3,(H,25,29)(H2,24,26,27). The highest BCUT2D eigenvalue weighted by Crippen LogP contribution is 2.15. The maximum Gasteiger partial charge on any atom is 0.224 e. The van der Waals surface area contributed by atoms with Crippen molar-refractivity contribution in [1.82, 2.24) is 20.9 Å². The third-order valence-corrected chi connectivity index (χ3v) is 5.14. The van der Waals surface area contributed by atoms with E-state index < -0.39 is 0 Å². The summed E-state index contributed by atoms with van der Waals surface area (Å²) in [4.78, 5) is 19.1. The van der Waals surface area contributed by atoms with Gasteiger partial charge in [-0.1, -0.05) is 19.1 Å². The first-order chi connectivity index (χ1) is 14.1. The van der Waals surface area contributed by atoms with Crippen LogP contribution in [0.3, 0.4) is 0 Å². The first-order valence-electron chi connectivity index (χ1n) is 10.8. The predicted molar refractivity (Wildman–Crippen MR) is 117 cm³/mol. The van der Waals surface area contributed by atoms with Gasteiger partial charge in [0.15, 0.2) is 5.96 Å². The lowest BCUT2D eigenvalue weighted by Gasteiger charge is -2.29. The zero-order valence-corrected chi connectivity index (χ0v) is 17.8. The van der Waals surface area contributed by atoms with E-state index in [0.29, 0.717) is 13.1 Å². The highest BCUT2D eigenvalue weighted by Gasteiger charge is 2.14. The van der Waals surface area contributed by atoms with E-state index in [2.05, 4.69) is 32.8 Å². The molecule has 1 aliphatic rings. The van der Waals surface area contributed by atoms with Crippen molar-refractivity contribution < 1.29 is 9.18 Å². The molecule has 0 spiro atoms. The minimum absolute atomic E-state index is 0.0730. The van der Waals surface area contributed by atoms with Crippen LogP contribution in [0.5, 0.6) is 0 Å². The van der Waals surface area contributed by atoms with Crippen molar-refractivity contribution in [2.45, 2.75) is 39.5 Å². The molecule has 0 aliphatic carbocycles. The fraction of sp³-hybridized carbons (Fsp3) is 0.636. The van der Waals surface area contributed by atoms with Crippen LogP contribution in [0.25, 0.3) is 0 Å². The SMILES string of the molecule is CCNC(=NCCCN1CCC(C)CC1)NCCNC(=O)Cc1ccc(F)cc1. The second-order valence-electron chi connectivity index (χ2n) is 7.72. The van der Waals surface area contributed by atoms with E-state index >= 15 is 0 Å². The number of hydrogen-bond acceptors (Lipinski definition) is 3. The van der Waals surface area contributed by atoms with Gasteiger partial charge < -0.3 is 20.9 Å². The molecule has 7 heteroatoms. The molecule has 1 aliphatic heterocycles. The average Bonchev–Trinajstić information content (AvgIpc) is 2.71. The minimum Gasteiger partial charge on any atom is -0.357 e. The number of hydrogen-bond donors (Lipinski definition) is 3. The zero-order chi connectivity index (χ0) is 20.9. The van der Waals surface area contributed by atoms with Crippen LogP contribution in [0.15, 0.2) is 29.3 Å². The number of nitrogens with zero attached hydrogens (tertiary/aromatic N) is 2. The third kappa shape index (κ3) is 9.74. The summed E-state index contributed by atoms with van der Waals surface area (Å²) in [6, 6.07) is 6.01.